The molecule has 0 heterocycles. The maximum absolute atomic E-state index is 12.6. The molecule has 0 spiro atoms. The van der Waals surface area contributed by atoms with Crippen molar-refractivity contribution in [3.05, 3.63) is 33.9 Å². The van der Waals surface area contributed by atoms with E-state index in [0.29, 0.717) is 6.07 Å². The number of aliphatic carboxylic acids is 1. The highest BCUT2D eigenvalue weighted by Gasteiger charge is 2.33. The van der Waals surface area contributed by atoms with Gasteiger partial charge in [-0.3, -0.25) is 14.9 Å². The molecule has 0 aliphatic rings. The predicted molar refractivity (Wildman–Crippen MR) is 89.4 cm³/mol. The second-order valence-electron chi connectivity index (χ2n) is 5.77. The van der Waals surface area contributed by atoms with Crippen LogP contribution < -0.4 is 10.6 Å². The maximum Gasteiger partial charge on any atom is 0.416 e. The van der Waals surface area contributed by atoms with Gasteiger partial charge in [0.15, 0.2) is 0 Å². The van der Waals surface area contributed by atoms with Crippen LogP contribution in [-0.2, 0) is 11.0 Å². The van der Waals surface area contributed by atoms with Crippen LogP contribution in [0.15, 0.2) is 18.2 Å². The van der Waals surface area contributed by atoms with E-state index in [1.165, 1.54) is 18.9 Å². The van der Waals surface area contributed by atoms with Crippen LogP contribution in [0.5, 0.6) is 0 Å². The number of rotatable bonds is 8. The molecule has 27 heavy (non-hydrogen) atoms. The van der Waals surface area contributed by atoms with Crippen molar-refractivity contribution in [3.63, 3.8) is 0 Å². The zero-order valence-corrected chi connectivity index (χ0v) is 14.5. The third kappa shape index (κ3) is 6.64. The van der Waals surface area contributed by atoms with Gasteiger partial charge in [-0.25, -0.2) is 4.79 Å². The van der Waals surface area contributed by atoms with Crippen molar-refractivity contribution < 1.29 is 32.8 Å². The summed E-state index contributed by atoms with van der Waals surface area (Å²) in [6, 6.07) is 1.55. The number of anilines is 1. The number of benzene rings is 1. The smallest absolute Gasteiger partial charge is 0.416 e. The minimum Gasteiger partial charge on any atom is -0.481 e. The van der Waals surface area contributed by atoms with E-state index < -0.39 is 40.3 Å². The predicted octanol–water partition coefficient (Wildman–Crippen LogP) is 2.39. The van der Waals surface area contributed by atoms with Crippen LogP contribution in [0.25, 0.3) is 0 Å². The lowest BCUT2D eigenvalue weighted by atomic mass is 10.1. The van der Waals surface area contributed by atoms with Crippen molar-refractivity contribution in [3.8, 4) is 0 Å². The van der Waals surface area contributed by atoms with Crippen LogP contribution in [-0.4, -0.2) is 53.6 Å². The molecule has 1 atom stereocenters. The molecule has 1 aromatic rings. The standard InChI is InChI=1S/C15H19F3N4O5/c1-9(13(23)24)8-21(2)14(25)20-6-5-19-11-4-3-10(15(16,17)18)7-12(11)22(26)27/h3-4,7,9,19H,5-6,8H2,1-2H3,(H,20,25)(H,23,24). The summed E-state index contributed by atoms with van der Waals surface area (Å²) < 4.78 is 37.9. The van der Waals surface area contributed by atoms with Gasteiger partial charge in [0.05, 0.1) is 16.4 Å². The van der Waals surface area contributed by atoms with Crippen LogP contribution in [0.3, 0.4) is 0 Å². The van der Waals surface area contributed by atoms with Crippen molar-refractivity contribution in [1.82, 2.24) is 10.2 Å². The summed E-state index contributed by atoms with van der Waals surface area (Å²) in [5.41, 5.74) is -1.99. The number of hydrogen-bond donors (Lipinski definition) is 3. The largest absolute Gasteiger partial charge is 0.481 e. The number of amides is 2. The SMILES string of the molecule is CC(CN(C)C(=O)NCCNc1ccc(C(F)(F)F)cc1[N+](=O)[O-])C(=O)O. The Labute approximate surface area is 152 Å². The normalized spacial score (nSPS) is 12.2. The molecule has 0 saturated heterocycles. The van der Waals surface area contributed by atoms with E-state index >= 15 is 0 Å². The number of carbonyl (C=O) groups excluding carboxylic acids is 1. The van der Waals surface area contributed by atoms with Crippen molar-refractivity contribution in [2.24, 2.45) is 5.92 Å². The molecule has 0 aromatic heterocycles. The number of nitrogens with zero attached hydrogens (tertiary/aromatic N) is 2. The minimum atomic E-state index is -4.70. The van der Waals surface area contributed by atoms with E-state index in [9.17, 15) is 32.9 Å². The van der Waals surface area contributed by atoms with Gasteiger partial charge in [-0.1, -0.05) is 6.92 Å². The molecule has 1 rings (SSSR count). The fraction of sp³-hybridized carbons (Fsp3) is 0.467. The summed E-state index contributed by atoms with van der Waals surface area (Å²) in [6.07, 6.45) is -4.70. The van der Waals surface area contributed by atoms with Gasteiger partial charge in [0, 0.05) is 32.7 Å². The molecule has 1 aromatic carbocycles. The van der Waals surface area contributed by atoms with Crippen LogP contribution in [0, 0.1) is 16.0 Å². The molecule has 0 saturated carbocycles. The molecular weight excluding hydrogens is 373 g/mol. The monoisotopic (exact) mass is 392 g/mol. The lowest BCUT2D eigenvalue weighted by molar-refractivity contribution is -0.384. The van der Waals surface area contributed by atoms with E-state index in [-0.39, 0.29) is 25.3 Å². The third-order valence-corrected chi connectivity index (χ3v) is 3.55. The quantitative estimate of drug-likeness (QED) is 0.354. The highest BCUT2D eigenvalue weighted by molar-refractivity contribution is 5.75. The molecule has 0 fully saturated rings. The number of nitro benzene ring substituents is 1. The Kier molecular flexibility index (Phi) is 7.37. The molecule has 9 nitrogen and oxygen atoms in total. The zero-order chi connectivity index (χ0) is 20.8. The summed E-state index contributed by atoms with van der Waals surface area (Å²) in [6.45, 7) is 1.46. The molecule has 0 bridgehead atoms. The van der Waals surface area contributed by atoms with Gasteiger partial charge < -0.3 is 20.6 Å². The lowest BCUT2D eigenvalue weighted by Crippen LogP contribution is -2.42. The Bertz CT molecular complexity index is 711. The molecule has 2 amide bonds. The number of carbonyl (C=O) groups is 2. The van der Waals surface area contributed by atoms with E-state index in [0.717, 1.165) is 12.1 Å². The number of urea groups is 1. The number of halogens is 3. The van der Waals surface area contributed by atoms with Gasteiger partial charge in [-0.2, -0.15) is 13.2 Å². The molecular formula is C15H19F3N4O5. The van der Waals surface area contributed by atoms with Crippen LogP contribution in [0.4, 0.5) is 29.3 Å². The number of nitro groups is 1. The number of alkyl halides is 3. The van der Waals surface area contributed by atoms with Crippen molar-refractivity contribution >= 4 is 23.4 Å². The molecule has 1 unspecified atom stereocenters. The Balaban J connectivity index is 2.60. The van der Waals surface area contributed by atoms with Crippen LogP contribution >= 0.6 is 0 Å². The Morgan fingerprint density at radius 2 is 1.96 bits per heavy atom. The topological polar surface area (TPSA) is 125 Å². The second kappa shape index (κ2) is 9.05. The number of hydrogen-bond acceptors (Lipinski definition) is 5. The number of carboxylic acids is 1. The summed E-state index contributed by atoms with van der Waals surface area (Å²) in [5.74, 6) is -1.81. The summed E-state index contributed by atoms with van der Waals surface area (Å²) >= 11 is 0. The van der Waals surface area contributed by atoms with Crippen molar-refractivity contribution in [1.29, 1.82) is 0 Å². The first kappa shape index (κ1) is 22.0. The van der Waals surface area contributed by atoms with Gasteiger partial charge in [-0.15, -0.1) is 0 Å². The second-order valence-corrected chi connectivity index (χ2v) is 5.77. The van der Waals surface area contributed by atoms with E-state index in [1.54, 1.807) is 0 Å². The lowest BCUT2D eigenvalue weighted by Gasteiger charge is -2.20. The van der Waals surface area contributed by atoms with Crippen LogP contribution in [0.2, 0.25) is 0 Å². The average Bonchev–Trinajstić information content (AvgIpc) is 2.57. The summed E-state index contributed by atoms with van der Waals surface area (Å²) in [4.78, 5) is 33.8. The highest BCUT2D eigenvalue weighted by atomic mass is 19.4. The van der Waals surface area contributed by atoms with Gasteiger partial charge in [0.2, 0.25) is 0 Å². The Morgan fingerprint density at radius 3 is 2.48 bits per heavy atom. The van der Waals surface area contributed by atoms with Gasteiger partial charge in [0.25, 0.3) is 5.69 Å². The highest BCUT2D eigenvalue weighted by Crippen LogP contribution is 2.34. The van der Waals surface area contributed by atoms with E-state index in [2.05, 4.69) is 10.6 Å². The Hall–Kier alpha value is -3.05. The Morgan fingerprint density at radius 1 is 1.33 bits per heavy atom. The van der Waals surface area contributed by atoms with Crippen LogP contribution in [0.1, 0.15) is 12.5 Å². The maximum atomic E-state index is 12.6. The minimum absolute atomic E-state index is 0.0142. The summed E-state index contributed by atoms with van der Waals surface area (Å²) in [7, 11) is 1.41. The van der Waals surface area contributed by atoms with E-state index in [4.69, 9.17) is 5.11 Å². The van der Waals surface area contributed by atoms with E-state index in [1.807, 2.05) is 0 Å². The fourth-order valence-corrected chi connectivity index (χ4v) is 2.08. The molecule has 12 heteroatoms. The van der Waals surface area contributed by atoms with Gasteiger partial charge >= 0.3 is 18.2 Å². The fourth-order valence-electron chi connectivity index (χ4n) is 2.08. The van der Waals surface area contributed by atoms with Gasteiger partial charge in [0.1, 0.15) is 5.69 Å². The molecule has 0 radical (unpaired) electrons. The first-order valence-corrected chi connectivity index (χ1v) is 7.74. The van der Waals surface area contributed by atoms with Crippen molar-refractivity contribution in [2.75, 3.05) is 32.0 Å². The first-order chi connectivity index (χ1) is 12.4. The van der Waals surface area contributed by atoms with Crippen molar-refractivity contribution in [2.45, 2.75) is 13.1 Å². The first-order valence-electron chi connectivity index (χ1n) is 7.74. The molecule has 0 aliphatic heterocycles. The van der Waals surface area contributed by atoms with Gasteiger partial charge in [-0.05, 0) is 12.1 Å². The molecule has 3 N–H and O–H groups in total. The zero-order valence-electron chi connectivity index (χ0n) is 14.5. The molecule has 0 aliphatic carbocycles. The molecule has 150 valence electrons. The number of nitrogens with one attached hydrogen (secondary N) is 2. The number of carboxylic acid groups (broad SMARTS) is 1. The summed E-state index contributed by atoms with van der Waals surface area (Å²) in [5, 5.41) is 24.8. The average molecular weight is 392 g/mol. The third-order valence-electron chi connectivity index (χ3n) is 3.55.